The lowest BCUT2D eigenvalue weighted by atomic mass is 10.0. The molecule has 6 aromatic heterocycles. The summed E-state index contributed by atoms with van der Waals surface area (Å²) in [5, 5.41) is 3.49. The Hall–Kier alpha value is -6.92. The first-order valence-electron chi connectivity index (χ1n) is 16.6. The number of hydrogen-bond acceptors (Lipinski definition) is 4. The lowest BCUT2D eigenvalue weighted by molar-refractivity contribution is 1.17. The Kier molecular flexibility index (Phi) is 6.39. The molecule has 6 nitrogen and oxygen atoms in total. The standard InChI is InChI=1S/C44H28N6/c1-3-11-40-35(9-1)37-28-45-24-22-42(37)50(40)34-8-5-7-30(25-34)32-17-21-39(48-27-32)38-20-16-31(26-47-38)29-14-18-33(19-15-29)49-41-12-4-2-10-36(41)44-43(49)13-6-23-46-44/h1-28H. The molecule has 0 saturated carbocycles. The van der Waals surface area contributed by atoms with Gasteiger partial charge < -0.3 is 9.13 Å². The number of pyridine rings is 4. The van der Waals surface area contributed by atoms with Gasteiger partial charge in [-0.2, -0.15) is 0 Å². The summed E-state index contributed by atoms with van der Waals surface area (Å²) in [5.74, 6) is 0. The monoisotopic (exact) mass is 640 g/mol. The minimum absolute atomic E-state index is 0.835. The smallest absolute Gasteiger partial charge is 0.0963 e. The van der Waals surface area contributed by atoms with Gasteiger partial charge in [-0.05, 0) is 77.9 Å². The van der Waals surface area contributed by atoms with Gasteiger partial charge >= 0.3 is 0 Å². The van der Waals surface area contributed by atoms with Gasteiger partial charge in [0.2, 0.25) is 0 Å². The number of benzene rings is 4. The van der Waals surface area contributed by atoms with Crippen molar-refractivity contribution in [3.63, 3.8) is 0 Å². The van der Waals surface area contributed by atoms with Gasteiger partial charge in [-0.25, -0.2) is 0 Å². The fourth-order valence-corrected chi connectivity index (χ4v) is 7.22. The molecule has 0 atom stereocenters. The summed E-state index contributed by atoms with van der Waals surface area (Å²) in [5.41, 5.74) is 13.7. The summed E-state index contributed by atoms with van der Waals surface area (Å²) < 4.78 is 4.58. The zero-order chi connectivity index (χ0) is 33.0. The van der Waals surface area contributed by atoms with E-state index in [1.165, 1.54) is 5.39 Å². The van der Waals surface area contributed by atoms with Crippen molar-refractivity contribution in [1.82, 2.24) is 29.1 Å². The fourth-order valence-electron chi connectivity index (χ4n) is 7.22. The van der Waals surface area contributed by atoms with E-state index in [0.29, 0.717) is 0 Å². The van der Waals surface area contributed by atoms with Crippen LogP contribution in [0.1, 0.15) is 0 Å². The highest BCUT2D eigenvalue weighted by Gasteiger charge is 2.14. The summed E-state index contributed by atoms with van der Waals surface area (Å²) >= 11 is 0. The topological polar surface area (TPSA) is 61.4 Å². The molecule has 0 N–H and O–H groups in total. The van der Waals surface area contributed by atoms with E-state index in [-0.39, 0.29) is 0 Å². The lowest BCUT2D eigenvalue weighted by Crippen LogP contribution is -1.95. The van der Waals surface area contributed by atoms with Crippen molar-refractivity contribution in [3.05, 3.63) is 171 Å². The van der Waals surface area contributed by atoms with Crippen LogP contribution in [0.15, 0.2) is 171 Å². The Balaban J connectivity index is 0.920. The molecule has 0 amide bonds. The normalized spacial score (nSPS) is 11.6. The van der Waals surface area contributed by atoms with E-state index < -0.39 is 0 Å². The predicted octanol–water partition coefficient (Wildman–Crippen LogP) is 10.5. The van der Waals surface area contributed by atoms with E-state index in [1.54, 1.807) is 0 Å². The van der Waals surface area contributed by atoms with Crippen LogP contribution < -0.4 is 0 Å². The number of para-hydroxylation sites is 2. The van der Waals surface area contributed by atoms with E-state index in [1.807, 2.05) is 49.2 Å². The number of hydrogen-bond donors (Lipinski definition) is 0. The minimum Gasteiger partial charge on any atom is -0.309 e. The third-order valence-corrected chi connectivity index (χ3v) is 9.59. The second kappa shape index (κ2) is 11.4. The zero-order valence-corrected chi connectivity index (χ0v) is 26.8. The largest absolute Gasteiger partial charge is 0.309 e. The molecule has 6 heterocycles. The molecular formula is C44H28N6. The van der Waals surface area contributed by atoms with Crippen molar-refractivity contribution < 1.29 is 0 Å². The second-order valence-electron chi connectivity index (χ2n) is 12.4. The maximum absolute atomic E-state index is 4.82. The van der Waals surface area contributed by atoms with Crippen LogP contribution in [0, 0.1) is 0 Å². The van der Waals surface area contributed by atoms with Gasteiger partial charge in [-0.1, -0.05) is 72.8 Å². The van der Waals surface area contributed by atoms with Gasteiger partial charge in [0.05, 0.1) is 39.0 Å². The molecule has 0 bridgehead atoms. The summed E-state index contributed by atoms with van der Waals surface area (Å²) in [6.07, 6.45) is 9.52. The summed E-state index contributed by atoms with van der Waals surface area (Å²) in [4.78, 5) is 18.7. The van der Waals surface area contributed by atoms with Crippen LogP contribution in [0.25, 0.3) is 88.8 Å². The van der Waals surface area contributed by atoms with Crippen LogP contribution in [-0.2, 0) is 0 Å². The average Bonchev–Trinajstić information content (AvgIpc) is 3.71. The highest BCUT2D eigenvalue weighted by atomic mass is 15.0. The molecule has 0 radical (unpaired) electrons. The fraction of sp³-hybridized carbons (Fsp3) is 0. The molecule has 0 saturated heterocycles. The third kappa shape index (κ3) is 4.50. The van der Waals surface area contributed by atoms with Gasteiger partial charge in [-0.3, -0.25) is 19.9 Å². The first kappa shape index (κ1) is 28.1. The first-order valence-corrected chi connectivity index (χ1v) is 16.6. The maximum atomic E-state index is 4.82. The minimum atomic E-state index is 0.835. The molecule has 0 aliphatic heterocycles. The molecule has 10 aromatic rings. The zero-order valence-electron chi connectivity index (χ0n) is 26.8. The van der Waals surface area contributed by atoms with Crippen LogP contribution in [0.2, 0.25) is 0 Å². The molecule has 0 aliphatic carbocycles. The second-order valence-corrected chi connectivity index (χ2v) is 12.4. The summed E-state index contributed by atoms with van der Waals surface area (Å²) in [6.45, 7) is 0. The highest BCUT2D eigenvalue weighted by molar-refractivity contribution is 6.09. The van der Waals surface area contributed by atoms with Gasteiger partial charge in [0.15, 0.2) is 0 Å². The van der Waals surface area contributed by atoms with Crippen LogP contribution in [0.3, 0.4) is 0 Å². The Morgan fingerprint density at radius 2 is 1.00 bits per heavy atom. The van der Waals surface area contributed by atoms with Crippen molar-refractivity contribution in [2.75, 3.05) is 0 Å². The lowest BCUT2D eigenvalue weighted by Gasteiger charge is -2.11. The quantitative estimate of drug-likeness (QED) is 0.188. The Bertz CT molecular complexity index is 2740. The molecule has 50 heavy (non-hydrogen) atoms. The van der Waals surface area contributed by atoms with E-state index in [0.717, 1.165) is 83.4 Å². The third-order valence-electron chi connectivity index (χ3n) is 9.59. The Morgan fingerprint density at radius 1 is 0.360 bits per heavy atom. The molecule has 0 unspecified atom stereocenters. The number of nitrogens with zero attached hydrogens (tertiary/aromatic N) is 6. The van der Waals surface area contributed by atoms with Crippen molar-refractivity contribution in [2.45, 2.75) is 0 Å². The van der Waals surface area contributed by atoms with Crippen LogP contribution in [-0.4, -0.2) is 29.1 Å². The predicted molar refractivity (Wildman–Crippen MR) is 203 cm³/mol. The van der Waals surface area contributed by atoms with Crippen LogP contribution in [0.5, 0.6) is 0 Å². The van der Waals surface area contributed by atoms with Crippen molar-refractivity contribution in [1.29, 1.82) is 0 Å². The molecule has 0 spiro atoms. The van der Waals surface area contributed by atoms with E-state index in [4.69, 9.17) is 9.97 Å². The molecule has 234 valence electrons. The summed E-state index contributed by atoms with van der Waals surface area (Å²) in [6, 6.07) is 48.7. The van der Waals surface area contributed by atoms with Crippen LogP contribution in [0.4, 0.5) is 0 Å². The van der Waals surface area contributed by atoms with E-state index in [2.05, 4.69) is 140 Å². The molecule has 6 heteroatoms. The molecule has 4 aromatic carbocycles. The number of rotatable bonds is 5. The molecule has 0 fully saturated rings. The maximum Gasteiger partial charge on any atom is 0.0963 e. The number of aromatic nitrogens is 6. The van der Waals surface area contributed by atoms with Gasteiger partial charge in [0.25, 0.3) is 0 Å². The van der Waals surface area contributed by atoms with Crippen molar-refractivity contribution in [3.8, 4) is 45.0 Å². The Labute approximate surface area is 287 Å². The van der Waals surface area contributed by atoms with Gasteiger partial charge in [0.1, 0.15) is 0 Å². The number of fused-ring (bicyclic) bond motifs is 6. The Morgan fingerprint density at radius 3 is 1.76 bits per heavy atom. The molecule has 10 rings (SSSR count). The first-order chi connectivity index (χ1) is 24.8. The van der Waals surface area contributed by atoms with E-state index >= 15 is 0 Å². The van der Waals surface area contributed by atoms with Crippen molar-refractivity contribution in [2.24, 2.45) is 0 Å². The van der Waals surface area contributed by atoms with Gasteiger partial charge in [-0.15, -0.1) is 0 Å². The molecular weight excluding hydrogens is 613 g/mol. The van der Waals surface area contributed by atoms with Gasteiger partial charge in [0, 0.05) is 69.6 Å². The average molecular weight is 641 g/mol. The van der Waals surface area contributed by atoms with Crippen LogP contribution >= 0.6 is 0 Å². The van der Waals surface area contributed by atoms with E-state index in [9.17, 15) is 0 Å². The SMILES string of the molecule is c1cc(-c2ccc(-c3ccc(-c4ccc(-n5c6ccccc6c6ncccc65)cc4)cn3)nc2)cc(-n2c3ccccc3c3cnccc32)c1. The molecule has 0 aliphatic rings. The van der Waals surface area contributed by atoms with Crippen molar-refractivity contribution >= 4 is 43.7 Å². The highest BCUT2D eigenvalue weighted by Crippen LogP contribution is 2.34. The summed E-state index contributed by atoms with van der Waals surface area (Å²) in [7, 11) is 0.